The van der Waals surface area contributed by atoms with E-state index < -0.39 is 51.3 Å². The molecule has 57 heavy (non-hydrogen) atoms. The van der Waals surface area contributed by atoms with Crippen molar-refractivity contribution in [3.63, 3.8) is 0 Å². The fourth-order valence-corrected chi connectivity index (χ4v) is 5.96. The van der Waals surface area contributed by atoms with Crippen LogP contribution in [0.1, 0.15) is 142 Å². The molecular weight excluding hydrogens is 745 g/mol. The van der Waals surface area contributed by atoms with Crippen LogP contribution in [0.5, 0.6) is 0 Å². The molecule has 11 nitrogen and oxygen atoms in total. The van der Waals surface area contributed by atoms with Crippen LogP contribution in [0, 0.1) is 0 Å². The summed E-state index contributed by atoms with van der Waals surface area (Å²) < 4.78 is 32.5. The summed E-state index contributed by atoms with van der Waals surface area (Å²) in [6, 6.07) is 0. The van der Waals surface area contributed by atoms with Crippen molar-refractivity contribution in [1.29, 1.82) is 0 Å². The number of phosphoric acid groups is 1. The number of aliphatic hydroxyl groups excluding tert-OH is 2. The van der Waals surface area contributed by atoms with E-state index in [1.54, 1.807) is 0 Å². The Hall–Kier alpha value is -2.89. The molecular formula is C45H76NO10P. The van der Waals surface area contributed by atoms with Crippen LogP contribution in [0.15, 0.2) is 85.1 Å². The number of carbonyl (C=O) groups is 2. The molecule has 0 aromatic heterocycles. The first-order chi connectivity index (χ1) is 27.6. The van der Waals surface area contributed by atoms with Crippen molar-refractivity contribution in [2.75, 3.05) is 26.4 Å². The topological polar surface area (TPSA) is 175 Å². The Morgan fingerprint density at radius 1 is 0.614 bits per heavy atom. The number of rotatable bonds is 38. The van der Waals surface area contributed by atoms with E-state index in [1.807, 2.05) is 18.2 Å². The minimum atomic E-state index is -4.46. The van der Waals surface area contributed by atoms with E-state index in [0.29, 0.717) is 6.42 Å². The number of allylic oxidation sites excluding steroid dienone is 13. The number of aliphatic hydroxyl groups is 2. The monoisotopic (exact) mass is 822 g/mol. The molecule has 0 amide bonds. The van der Waals surface area contributed by atoms with Crippen LogP contribution in [-0.4, -0.2) is 71.7 Å². The molecule has 0 bridgehead atoms. The number of unbranched alkanes of at least 4 members (excludes halogenated alkanes) is 7. The summed E-state index contributed by atoms with van der Waals surface area (Å²) in [5.41, 5.74) is 5.33. The second-order valence-corrected chi connectivity index (χ2v) is 15.2. The van der Waals surface area contributed by atoms with Gasteiger partial charge in [0.2, 0.25) is 0 Å². The molecule has 0 rings (SSSR count). The largest absolute Gasteiger partial charge is 0.472 e. The van der Waals surface area contributed by atoms with E-state index in [0.717, 1.165) is 70.6 Å². The van der Waals surface area contributed by atoms with Crippen molar-refractivity contribution in [1.82, 2.24) is 0 Å². The molecule has 0 heterocycles. The van der Waals surface area contributed by atoms with Crippen LogP contribution in [-0.2, 0) is 32.7 Å². The Balaban J connectivity index is 4.47. The maximum absolute atomic E-state index is 12.6. The third kappa shape index (κ3) is 38.4. The summed E-state index contributed by atoms with van der Waals surface area (Å²) in [7, 11) is -4.46. The quantitative estimate of drug-likeness (QED) is 0.0202. The van der Waals surface area contributed by atoms with E-state index in [4.69, 9.17) is 24.3 Å². The maximum atomic E-state index is 12.6. The lowest BCUT2D eigenvalue weighted by atomic mass is 10.0. The van der Waals surface area contributed by atoms with Crippen molar-refractivity contribution in [3.8, 4) is 0 Å². The summed E-state index contributed by atoms with van der Waals surface area (Å²) in [5, 5.41) is 20.6. The van der Waals surface area contributed by atoms with Crippen molar-refractivity contribution in [2.24, 2.45) is 5.73 Å². The van der Waals surface area contributed by atoms with Gasteiger partial charge in [-0.05, 0) is 89.9 Å². The fourth-order valence-electron chi connectivity index (χ4n) is 5.20. The summed E-state index contributed by atoms with van der Waals surface area (Å²) in [6.07, 6.45) is 42.1. The van der Waals surface area contributed by atoms with Crippen LogP contribution in [0.2, 0.25) is 0 Å². The zero-order chi connectivity index (χ0) is 42.1. The van der Waals surface area contributed by atoms with Crippen LogP contribution < -0.4 is 5.73 Å². The lowest BCUT2D eigenvalue weighted by Crippen LogP contribution is -2.30. The van der Waals surface area contributed by atoms with Gasteiger partial charge in [0.1, 0.15) is 6.61 Å². The molecule has 0 spiro atoms. The van der Waals surface area contributed by atoms with E-state index in [9.17, 15) is 29.3 Å². The van der Waals surface area contributed by atoms with Crippen molar-refractivity contribution < 1.29 is 47.8 Å². The number of carbonyl (C=O) groups excluding carboxylic acids is 2. The highest BCUT2D eigenvalue weighted by atomic mass is 31.2. The third-order valence-corrected chi connectivity index (χ3v) is 9.45. The Morgan fingerprint density at radius 3 is 1.72 bits per heavy atom. The minimum Gasteiger partial charge on any atom is -0.462 e. The lowest BCUT2D eigenvalue weighted by Gasteiger charge is -2.20. The van der Waals surface area contributed by atoms with E-state index >= 15 is 0 Å². The maximum Gasteiger partial charge on any atom is 0.472 e. The predicted molar refractivity (Wildman–Crippen MR) is 231 cm³/mol. The van der Waals surface area contributed by atoms with E-state index in [2.05, 4.69) is 80.7 Å². The Labute approximate surface area is 344 Å². The number of phosphoric ester groups is 1. The average Bonchev–Trinajstić information content (AvgIpc) is 3.19. The first kappa shape index (κ1) is 54.1. The first-order valence-electron chi connectivity index (χ1n) is 21.2. The summed E-state index contributed by atoms with van der Waals surface area (Å²) in [6.45, 7) is 3.20. The summed E-state index contributed by atoms with van der Waals surface area (Å²) in [4.78, 5) is 34.9. The van der Waals surface area contributed by atoms with Gasteiger partial charge < -0.3 is 30.3 Å². The van der Waals surface area contributed by atoms with Gasteiger partial charge in [0, 0.05) is 19.4 Å². The number of nitrogens with two attached hydrogens (primary N) is 1. The van der Waals surface area contributed by atoms with Gasteiger partial charge in [-0.25, -0.2) is 4.57 Å². The van der Waals surface area contributed by atoms with Gasteiger partial charge in [-0.1, -0.05) is 125 Å². The van der Waals surface area contributed by atoms with Crippen molar-refractivity contribution in [3.05, 3.63) is 85.1 Å². The van der Waals surface area contributed by atoms with Crippen LogP contribution in [0.4, 0.5) is 0 Å². The molecule has 0 fully saturated rings. The van der Waals surface area contributed by atoms with Crippen LogP contribution in [0.3, 0.4) is 0 Å². The van der Waals surface area contributed by atoms with Gasteiger partial charge >= 0.3 is 19.8 Å². The van der Waals surface area contributed by atoms with Gasteiger partial charge in [0.15, 0.2) is 6.10 Å². The number of ether oxygens (including phenoxy) is 2. The average molecular weight is 822 g/mol. The van der Waals surface area contributed by atoms with Gasteiger partial charge in [-0.3, -0.25) is 18.6 Å². The zero-order valence-electron chi connectivity index (χ0n) is 35.0. The van der Waals surface area contributed by atoms with Gasteiger partial charge in [-0.2, -0.15) is 0 Å². The highest BCUT2D eigenvalue weighted by molar-refractivity contribution is 7.47. The third-order valence-electron chi connectivity index (χ3n) is 8.47. The molecule has 0 saturated heterocycles. The standard InChI is InChI=1S/C45H76NO10P/c1-3-5-7-9-11-13-15-17-18-19-20-21-23-25-27-29-31-35-45(50)56-41(40-55-57(51,52)54-38-37-46)39-53-44(49)36-32-34-43(48)42(47)33-30-28-26-24-22-16-14-12-10-8-6-4-2/h6,8,11-14,17-18,20-22,24,28,30,41-43,47-48H,3-5,7,9-10,15-16,19,23,25-27,29,31-40,46H2,1-2H3,(H,51,52)/b8-6-,13-11-,14-12-,18-17-,21-20-,24-22-,30-28-/t41-,42+,43+/m1/s1. The molecule has 326 valence electrons. The molecule has 0 aliphatic carbocycles. The summed E-state index contributed by atoms with van der Waals surface area (Å²) >= 11 is 0. The van der Waals surface area contributed by atoms with E-state index in [1.165, 1.54) is 19.3 Å². The van der Waals surface area contributed by atoms with Gasteiger partial charge in [0.25, 0.3) is 0 Å². The van der Waals surface area contributed by atoms with Gasteiger partial charge in [-0.15, -0.1) is 0 Å². The molecule has 0 aliphatic rings. The molecule has 0 radical (unpaired) electrons. The highest BCUT2D eigenvalue weighted by Gasteiger charge is 2.26. The summed E-state index contributed by atoms with van der Waals surface area (Å²) in [5.74, 6) is -1.15. The second kappa shape index (κ2) is 39.9. The molecule has 12 heteroatoms. The molecule has 4 atom stereocenters. The van der Waals surface area contributed by atoms with Crippen molar-refractivity contribution in [2.45, 2.75) is 161 Å². The molecule has 5 N–H and O–H groups in total. The Kier molecular flexibility index (Phi) is 37.9. The normalized spacial score (nSPS) is 15.3. The van der Waals surface area contributed by atoms with Crippen LogP contribution in [0.25, 0.3) is 0 Å². The van der Waals surface area contributed by atoms with E-state index in [-0.39, 0.29) is 45.3 Å². The molecule has 0 aromatic rings. The molecule has 0 saturated carbocycles. The molecule has 1 unspecified atom stereocenters. The Morgan fingerprint density at radius 2 is 1.14 bits per heavy atom. The molecule has 0 aromatic carbocycles. The zero-order valence-corrected chi connectivity index (χ0v) is 35.9. The second-order valence-electron chi connectivity index (χ2n) is 13.8. The number of hydrogen-bond donors (Lipinski definition) is 4. The number of hydrogen-bond acceptors (Lipinski definition) is 10. The Bertz CT molecular complexity index is 1240. The van der Waals surface area contributed by atoms with Crippen molar-refractivity contribution >= 4 is 19.8 Å². The lowest BCUT2D eigenvalue weighted by molar-refractivity contribution is -0.161. The fraction of sp³-hybridized carbons (Fsp3) is 0.644. The molecule has 0 aliphatic heterocycles. The first-order valence-corrected chi connectivity index (χ1v) is 22.7. The van der Waals surface area contributed by atoms with Gasteiger partial charge in [0.05, 0.1) is 25.4 Å². The SMILES string of the molecule is CC/C=C\C/C=C\C/C=C\C/C=C\C[C@H](O)[C@@H](O)CCCC(=O)OC[C@H](COP(=O)(O)OCCN)OC(=O)CCCCCC/C=C\C/C=C\C/C=C\CCCCC. The number of esters is 2. The predicted octanol–water partition coefficient (Wildman–Crippen LogP) is 9.99. The smallest absolute Gasteiger partial charge is 0.462 e. The minimum absolute atomic E-state index is 0.00505. The highest BCUT2D eigenvalue weighted by Crippen LogP contribution is 2.43. The van der Waals surface area contributed by atoms with Crippen LogP contribution >= 0.6 is 7.82 Å².